The van der Waals surface area contributed by atoms with Gasteiger partial charge in [0.25, 0.3) is 0 Å². The van der Waals surface area contributed by atoms with Crippen LogP contribution in [0.25, 0.3) is 0 Å². The number of hydrogen-bond donors (Lipinski definition) is 3. The number of anilines is 2. The Bertz CT molecular complexity index is 386. The summed E-state index contributed by atoms with van der Waals surface area (Å²) in [6.07, 6.45) is 2.89. The number of nitrogens with zero attached hydrogens (tertiary/aromatic N) is 1. The van der Waals surface area contributed by atoms with E-state index in [9.17, 15) is 5.11 Å². The Morgan fingerprint density at radius 3 is 2.84 bits per heavy atom. The van der Waals surface area contributed by atoms with Gasteiger partial charge in [0.1, 0.15) is 5.82 Å². The topological polar surface area (TPSA) is 80.4 Å². The molecule has 1 rings (SSSR count). The number of ether oxygens (including phenoxy) is 1. The lowest BCUT2D eigenvalue weighted by atomic mass is 10.2. The van der Waals surface area contributed by atoms with Crippen molar-refractivity contribution < 1.29 is 9.84 Å². The van der Waals surface area contributed by atoms with Crippen molar-refractivity contribution >= 4 is 23.3 Å². The van der Waals surface area contributed by atoms with Crippen LogP contribution in [-0.2, 0) is 0 Å². The summed E-state index contributed by atoms with van der Waals surface area (Å²) >= 11 is 1.62. The molecular weight excluding hydrogens is 262 g/mol. The van der Waals surface area contributed by atoms with Crippen molar-refractivity contribution in [3.8, 4) is 5.88 Å². The van der Waals surface area contributed by atoms with Crippen molar-refractivity contribution in [2.75, 3.05) is 30.5 Å². The lowest BCUT2D eigenvalue weighted by Crippen LogP contribution is -2.31. The normalized spacial score (nSPS) is 13.9. The van der Waals surface area contributed by atoms with E-state index >= 15 is 0 Å². The second-order valence-corrected chi connectivity index (χ2v) is 5.41. The van der Waals surface area contributed by atoms with E-state index in [1.807, 2.05) is 26.2 Å². The number of aromatic nitrogens is 1. The van der Waals surface area contributed by atoms with Crippen LogP contribution in [0.4, 0.5) is 11.5 Å². The van der Waals surface area contributed by atoms with Gasteiger partial charge < -0.3 is 20.9 Å². The first-order chi connectivity index (χ1) is 9.12. The predicted octanol–water partition coefficient (Wildman–Crippen LogP) is 1.98. The molecule has 0 radical (unpaired) electrons. The molecular formula is C13H23N3O2S. The van der Waals surface area contributed by atoms with Gasteiger partial charge in [-0.1, -0.05) is 6.92 Å². The standard InChI is InChI=1S/C13H23N3O2S/c1-4-7-18-13-10(14)5-6-12(16-13)15-9(2)11(8-17)19-3/h5-6,9,11,17H,4,7-8,14H2,1-3H3,(H,15,16). The van der Waals surface area contributed by atoms with E-state index in [1.165, 1.54) is 0 Å². The molecule has 1 aromatic heterocycles. The summed E-state index contributed by atoms with van der Waals surface area (Å²) in [7, 11) is 0. The van der Waals surface area contributed by atoms with Gasteiger partial charge in [-0.25, -0.2) is 0 Å². The first-order valence-corrected chi connectivity index (χ1v) is 7.70. The third-order valence-corrected chi connectivity index (χ3v) is 3.91. The van der Waals surface area contributed by atoms with Crippen LogP contribution in [0.3, 0.4) is 0 Å². The van der Waals surface area contributed by atoms with E-state index in [1.54, 1.807) is 17.8 Å². The number of rotatable bonds is 8. The molecule has 0 saturated carbocycles. The number of nitrogen functional groups attached to an aromatic ring is 1. The molecule has 0 fully saturated rings. The van der Waals surface area contributed by atoms with E-state index < -0.39 is 0 Å². The Kier molecular flexibility index (Phi) is 6.80. The molecule has 108 valence electrons. The van der Waals surface area contributed by atoms with Crippen LogP contribution < -0.4 is 15.8 Å². The van der Waals surface area contributed by atoms with Gasteiger partial charge in [0.15, 0.2) is 0 Å². The summed E-state index contributed by atoms with van der Waals surface area (Å²) in [5, 5.41) is 12.6. The molecule has 0 saturated heterocycles. The second kappa shape index (κ2) is 8.12. The molecule has 5 nitrogen and oxygen atoms in total. The number of aliphatic hydroxyl groups excluding tert-OH is 1. The van der Waals surface area contributed by atoms with Gasteiger partial charge in [-0.05, 0) is 31.7 Å². The van der Waals surface area contributed by atoms with Gasteiger partial charge in [0.2, 0.25) is 5.88 Å². The quantitative estimate of drug-likeness (QED) is 0.677. The van der Waals surface area contributed by atoms with Gasteiger partial charge >= 0.3 is 0 Å². The third kappa shape index (κ3) is 4.80. The molecule has 2 unspecified atom stereocenters. The minimum atomic E-state index is 0.107. The van der Waals surface area contributed by atoms with Gasteiger partial charge in [0.05, 0.1) is 18.9 Å². The fourth-order valence-electron chi connectivity index (χ4n) is 1.61. The Morgan fingerprint density at radius 2 is 2.26 bits per heavy atom. The average Bonchev–Trinajstić information content (AvgIpc) is 2.40. The van der Waals surface area contributed by atoms with Gasteiger partial charge in [0, 0.05) is 11.3 Å². The van der Waals surface area contributed by atoms with Gasteiger partial charge in [-0.15, -0.1) is 0 Å². The van der Waals surface area contributed by atoms with E-state index in [2.05, 4.69) is 10.3 Å². The van der Waals surface area contributed by atoms with E-state index in [0.29, 0.717) is 24.0 Å². The Morgan fingerprint density at radius 1 is 1.53 bits per heavy atom. The number of hydrogen-bond acceptors (Lipinski definition) is 6. The molecule has 6 heteroatoms. The van der Waals surface area contributed by atoms with Crippen molar-refractivity contribution in [2.45, 2.75) is 31.6 Å². The Hall–Kier alpha value is -1.14. The molecule has 4 N–H and O–H groups in total. The Labute approximate surface area is 118 Å². The summed E-state index contributed by atoms with van der Waals surface area (Å²) in [6, 6.07) is 3.70. The summed E-state index contributed by atoms with van der Waals surface area (Å²) in [6.45, 7) is 4.77. The summed E-state index contributed by atoms with van der Waals surface area (Å²) in [4.78, 5) is 4.35. The monoisotopic (exact) mass is 285 g/mol. The molecule has 2 atom stereocenters. The van der Waals surface area contributed by atoms with Gasteiger partial charge in [-0.2, -0.15) is 16.7 Å². The largest absolute Gasteiger partial charge is 0.476 e. The highest BCUT2D eigenvalue weighted by molar-refractivity contribution is 7.99. The predicted molar refractivity (Wildman–Crippen MR) is 81.9 cm³/mol. The highest BCUT2D eigenvalue weighted by atomic mass is 32.2. The third-order valence-electron chi connectivity index (χ3n) is 2.75. The molecule has 0 amide bonds. The fourth-order valence-corrected chi connectivity index (χ4v) is 2.23. The number of nitrogens with one attached hydrogen (secondary N) is 1. The number of aliphatic hydroxyl groups is 1. The van der Waals surface area contributed by atoms with Crippen molar-refractivity contribution in [3.63, 3.8) is 0 Å². The second-order valence-electron chi connectivity index (χ2n) is 4.33. The molecule has 0 bridgehead atoms. The van der Waals surface area contributed by atoms with E-state index in [0.717, 1.165) is 6.42 Å². The van der Waals surface area contributed by atoms with Crippen LogP contribution in [0, 0.1) is 0 Å². The van der Waals surface area contributed by atoms with Gasteiger partial charge in [-0.3, -0.25) is 0 Å². The highest BCUT2D eigenvalue weighted by Crippen LogP contribution is 2.22. The summed E-state index contributed by atoms with van der Waals surface area (Å²) in [5.74, 6) is 1.17. The zero-order valence-electron chi connectivity index (χ0n) is 11.7. The lowest BCUT2D eigenvalue weighted by molar-refractivity contribution is 0.288. The maximum absolute atomic E-state index is 9.26. The molecule has 1 heterocycles. The van der Waals surface area contributed by atoms with Crippen LogP contribution >= 0.6 is 11.8 Å². The van der Waals surface area contributed by atoms with Crippen LogP contribution in [0.5, 0.6) is 5.88 Å². The molecule has 0 aliphatic carbocycles. The maximum Gasteiger partial charge on any atom is 0.239 e. The molecule has 1 aromatic rings. The summed E-state index contributed by atoms with van der Waals surface area (Å²) < 4.78 is 5.49. The number of nitrogens with two attached hydrogens (primary N) is 1. The minimum Gasteiger partial charge on any atom is -0.476 e. The van der Waals surface area contributed by atoms with Crippen LogP contribution in [0.1, 0.15) is 20.3 Å². The first kappa shape index (κ1) is 15.9. The average molecular weight is 285 g/mol. The summed E-state index contributed by atoms with van der Waals surface area (Å²) in [5.41, 5.74) is 6.35. The highest BCUT2D eigenvalue weighted by Gasteiger charge is 2.16. The first-order valence-electron chi connectivity index (χ1n) is 6.41. The molecule has 0 aromatic carbocycles. The number of pyridine rings is 1. The smallest absolute Gasteiger partial charge is 0.239 e. The van der Waals surface area contributed by atoms with Crippen LogP contribution in [0.2, 0.25) is 0 Å². The van der Waals surface area contributed by atoms with Crippen molar-refractivity contribution in [3.05, 3.63) is 12.1 Å². The molecule has 0 aliphatic heterocycles. The van der Waals surface area contributed by atoms with E-state index in [4.69, 9.17) is 10.5 Å². The maximum atomic E-state index is 9.26. The fraction of sp³-hybridized carbons (Fsp3) is 0.615. The SMILES string of the molecule is CCCOc1nc(NC(C)C(CO)SC)ccc1N. The number of thioether (sulfide) groups is 1. The van der Waals surface area contributed by atoms with Crippen molar-refractivity contribution in [1.82, 2.24) is 4.98 Å². The minimum absolute atomic E-state index is 0.107. The molecule has 0 aliphatic rings. The van der Waals surface area contributed by atoms with Crippen molar-refractivity contribution in [2.24, 2.45) is 0 Å². The van der Waals surface area contributed by atoms with Crippen molar-refractivity contribution in [1.29, 1.82) is 0 Å². The zero-order chi connectivity index (χ0) is 14.3. The molecule has 19 heavy (non-hydrogen) atoms. The van der Waals surface area contributed by atoms with Crippen LogP contribution in [-0.4, -0.2) is 40.9 Å². The lowest BCUT2D eigenvalue weighted by Gasteiger charge is -2.22. The Balaban J connectivity index is 2.73. The van der Waals surface area contributed by atoms with Crippen LogP contribution in [0.15, 0.2) is 12.1 Å². The zero-order valence-corrected chi connectivity index (χ0v) is 12.5. The molecule has 0 spiro atoms. The van der Waals surface area contributed by atoms with E-state index in [-0.39, 0.29) is 17.9 Å².